The fourth-order valence-electron chi connectivity index (χ4n) is 1.37. The van der Waals surface area contributed by atoms with E-state index in [0.29, 0.717) is 6.54 Å². The normalized spacial score (nSPS) is 11.7. The zero-order valence-electron chi connectivity index (χ0n) is 9.06. The first-order chi connectivity index (χ1) is 7.67. The first-order valence-corrected chi connectivity index (χ1v) is 6.49. The quantitative estimate of drug-likeness (QED) is 0.598. The summed E-state index contributed by atoms with van der Waals surface area (Å²) < 4.78 is 27.2. The standard InChI is InChI=1S/C12H16BrF2N/c13-8-4-5-9-16-10-12(14,15)11-6-2-1-3-7-11/h1-3,6-7,16H,4-5,8-10H2. The highest BCUT2D eigenvalue weighted by Gasteiger charge is 2.30. The SMILES string of the molecule is FC(F)(CNCCCCBr)c1ccccc1. The van der Waals surface area contributed by atoms with E-state index >= 15 is 0 Å². The molecule has 0 heterocycles. The summed E-state index contributed by atoms with van der Waals surface area (Å²) in [6.07, 6.45) is 1.92. The average molecular weight is 292 g/mol. The van der Waals surface area contributed by atoms with Crippen molar-refractivity contribution in [1.82, 2.24) is 5.32 Å². The Balaban J connectivity index is 2.35. The van der Waals surface area contributed by atoms with Crippen molar-refractivity contribution in [2.45, 2.75) is 18.8 Å². The Morgan fingerprint density at radius 2 is 1.81 bits per heavy atom. The highest BCUT2D eigenvalue weighted by atomic mass is 79.9. The number of rotatable bonds is 7. The molecule has 1 aromatic carbocycles. The van der Waals surface area contributed by atoms with E-state index in [4.69, 9.17) is 0 Å². The van der Waals surface area contributed by atoms with Gasteiger partial charge in [0.2, 0.25) is 0 Å². The van der Waals surface area contributed by atoms with E-state index in [0.717, 1.165) is 18.2 Å². The summed E-state index contributed by atoms with van der Waals surface area (Å²) in [6.45, 7) is 0.341. The predicted molar refractivity (Wildman–Crippen MR) is 66.2 cm³/mol. The van der Waals surface area contributed by atoms with Crippen molar-refractivity contribution in [3.63, 3.8) is 0 Å². The van der Waals surface area contributed by atoms with Crippen LogP contribution in [0.2, 0.25) is 0 Å². The molecule has 0 fully saturated rings. The summed E-state index contributed by atoms with van der Waals surface area (Å²) >= 11 is 3.30. The second-order valence-corrected chi connectivity index (χ2v) is 4.44. The van der Waals surface area contributed by atoms with Gasteiger partial charge in [-0.3, -0.25) is 0 Å². The molecule has 0 bridgehead atoms. The summed E-state index contributed by atoms with van der Waals surface area (Å²) in [5.41, 5.74) is 0.0722. The third-order valence-electron chi connectivity index (χ3n) is 2.28. The number of alkyl halides is 3. The lowest BCUT2D eigenvalue weighted by Gasteiger charge is -2.17. The van der Waals surface area contributed by atoms with Crippen molar-refractivity contribution in [1.29, 1.82) is 0 Å². The molecule has 0 aliphatic carbocycles. The predicted octanol–water partition coefficient (Wildman–Crippen LogP) is 3.54. The van der Waals surface area contributed by atoms with Crippen LogP contribution >= 0.6 is 15.9 Å². The van der Waals surface area contributed by atoms with Gasteiger partial charge in [-0.15, -0.1) is 0 Å². The first-order valence-electron chi connectivity index (χ1n) is 5.37. The van der Waals surface area contributed by atoms with Crippen LogP contribution in [0.5, 0.6) is 0 Å². The molecule has 0 aliphatic heterocycles. The minimum absolute atomic E-state index is 0.0722. The molecule has 0 saturated heterocycles. The lowest BCUT2D eigenvalue weighted by molar-refractivity contribution is -0.00298. The van der Waals surface area contributed by atoms with Crippen molar-refractivity contribution in [2.75, 3.05) is 18.4 Å². The van der Waals surface area contributed by atoms with E-state index in [1.165, 1.54) is 12.1 Å². The molecule has 16 heavy (non-hydrogen) atoms. The Hall–Kier alpha value is -0.480. The molecule has 90 valence electrons. The maximum Gasteiger partial charge on any atom is 0.285 e. The van der Waals surface area contributed by atoms with E-state index in [-0.39, 0.29) is 12.1 Å². The summed E-state index contributed by atoms with van der Waals surface area (Å²) in [6, 6.07) is 7.92. The van der Waals surface area contributed by atoms with Crippen molar-refractivity contribution in [3.05, 3.63) is 35.9 Å². The van der Waals surface area contributed by atoms with Crippen LogP contribution in [-0.2, 0) is 5.92 Å². The van der Waals surface area contributed by atoms with Crippen molar-refractivity contribution >= 4 is 15.9 Å². The number of nitrogens with one attached hydrogen (secondary N) is 1. The maximum absolute atomic E-state index is 13.6. The van der Waals surface area contributed by atoms with Gasteiger partial charge in [-0.05, 0) is 19.4 Å². The van der Waals surface area contributed by atoms with Crippen molar-refractivity contribution < 1.29 is 8.78 Å². The van der Waals surface area contributed by atoms with Crippen molar-refractivity contribution in [3.8, 4) is 0 Å². The largest absolute Gasteiger partial charge is 0.311 e. The van der Waals surface area contributed by atoms with Gasteiger partial charge in [-0.2, -0.15) is 8.78 Å². The number of hydrogen-bond acceptors (Lipinski definition) is 1. The first kappa shape index (κ1) is 13.6. The second-order valence-electron chi connectivity index (χ2n) is 3.64. The number of hydrogen-bond donors (Lipinski definition) is 1. The Labute approximate surface area is 103 Å². The molecule has 1 aromatic rings. The number of benzene rings is 1. The topological polar surface area (TPSA) is 12.0 Å². The van der Waals surface area contributed by atoms with Gasteiger partial charge in [-0.1, -0.05) is 46.3 Å². The number of halogens is 3. The van der Waals surface area contributed by atoms with Crippen LogP contribution in [0.4, 0.5) is 8.78 Å². The second kappa shape index (κ2) is 6.97. The van der Waals surface area contributed by atoms with Crippen LogP contribution in [0.15, 0.2) is 30.3 Å². The molecular weight excluding hydrogens is 276 g/mol. The lowest BCUT2D eigenvalue weighted by atomic mass is 10.1. The van der Waals surface area contributed by atoms with Crippen LogP contribution in [0.3, 0.4) is 0 Å². The minimum atomic E-state index is -2.78. The summed E-state index contributed by atoms with van der Waals surface area (Å²) in [4.78, 5) is 0. The van der Waals surface area contributed by atoms with E-state index < -0.39 is 5.92 Å². The highest BCUT2D eigenvalue weighted by Crippen LogP contribution is 2.26. The van der Waals surface area contributed by atoms with Crippen LogP contribution < -0.4 is 5.32 Å². The van der Waals surface area contributed by atoms with Crippen molar-refractivity contribution in [2.24, 2.45) is 0 Å². The molecule has 1 rings (SSSR count). The molecule has 0 atom stereocenters. The van der Waals surface area contributed by atoms with Crippen LogP contribution in [-0.4, -0.2) is 18.4 Å². The van der Waals surface area contributed by atoms with Gasteiger partial charge in [0.25, 0.3) is 5.92 Å². The molecule has 1 nitrogen and oxygen atoms in total. The van der Waals surface area contributed by atoms with Gasteiger partial charge in [0.15, 0.2) is 0 Å². The molecule has 0 amide bonds. The summed E-state index contributed by atoms with van der Waals surface area (Å²) in [5, 5.41) is 3.71. The molecule has 0 unspecified atom stereocenters. The maximum atomic E-state index is 13.6. The van der Waals surface area contributed by atoms with E-state index in [1.54, 1.807) is 18.2 Å². The van der Waals surface area contributed by atoms with E-state index in [1.807, 2.05) is 0 Å². The van der Waals surface area contributed by atoms with Gasteiger partial charge in [0.05, 0.1) is 6.54 Å². The molecule has 4 heteroatoms. The monoisotopic (exact) mass is 291 g/mol. The van der Waals surface area contributed by atoms with Crippen LogP contribution in [0.25, 0.3) is 0 Å². The molecule has 0 aliphatic rings. The molecule has 0 aromatic heterocycles. The van der Waals surface area contributed by atoms with Gasteiger partial charge < -0.3 is 5.32 Å². The van der Waals surface area contributed by atoms with Gasteiger partial charge in [0, 0.05) is 10.9 Å². The fraction of sp³-hybridized carbons (Fsp3) is 0.500. The Bertz CT molecular complexity index is 290. The third-order valence-corrected chi connectivity index (χ3v) is 2.84. The number of unbranched alkanes of at least 4 members (excludes halogenated alkanes) is 1. The smallest absolute Gasteiger partial charge is 0.285 e. The fourth-order valence-corrected chi connectivity index (χ4v) is 1.77. The average Bonchev–Trinajstić information content (AvgIpc) is 2.30. The van der Waals surface area contributed by atoms with Crippen LogP contribution in [0, 0.1) is 0 Å². The molecule has 1 N–H and O–H groups in total. The van der Waals surface area contributed by atoms with Gasteiger partial charge in [-0.25, -0.2) is 0 Å². The summed E-state index contributed by atoms with van der Waals surface area (Å²) in [5.74, 6) is -2.78. The zero-order valence-corrected chi connectivity index (χ0v) is 10.6. The van der Waals surface area contributed by atoms with E-state index in [9.17, 15) is 8.78 Å². The Morgan fingerprint density at radius 1 is 1.12 bits per heavy atom. The highest BCUT2D eigenvalue weighted by molar-refractivity contribution is 9.09. The molecule has 0 spiro atoms. The zero-order chi connectivity index (χ0) is 11.9. The lowest BCUT2D eigenvalue weighted by Crippen LogP contribution is -2.31. The van der Waals surface area contributed by atoms with Gasteiger partial charge in [0.1, 0.15) is 0 Å². The Morgan fingerprint density at radius 3 is 2.44 bits per heavy atom. The Kier molecular flexibility index (Phi) is 5.91. The van der Waals surface area contributed by atoms with Crippen LogP contribution in [0.1, 0.15) is 18.4 Å². The third kappa shape index (κ3) is 4.58. The molecular formula is C12H16BrF2N. The molecule has 0 saturated carbocycles. The van der Waals surface area contributed by atoms with Gasteiger partial charge >= 0.3 is 0 Å². The van der Waals surface area contributed by atoms with E-state index in [2.05, 4.69) is 21.2 Å². The summed E-state index contributed by atoms with van der Waals surface area (Å²) in [7, 11) is 0. The molecule has 0 radical (unpaired) electrons. The minimum Gasteiger partial charge on any atom is -0.311 e.